The number of hydrogen-bond donors (Lipinski definition) is 0. The van der Waals surface area contributed by atoms with Crippen molar-refractivity contribution in [3.05, 3.63) is 0 Å². The maximum Gasteiger partial charge on any atom is 0.104 e. The van der Waals surface area contributed by atoms with Crippen LogP contribution in [0.3, 0.4) is 0 Å². The second-order valence-corrected chi connectivity index (χ2v) is 4.05. The topological polar surface area (TPSA) is 0 Å². The molecular formula is C2H3Cl3S2. The number of halogens is 3. The molecule has 0 bridgehead atoms. The van der Waals surface area contributed by atoms with Crippen molar-refractivity contribution in [3.63, 3.8) is 0 Å². The van der Waals surface area contributed by atoms with E-state index < -0.39 is 0 Å². The molecule has 0 radical (unpaired) electrons. The molecule has 0 aliphatic heterocycles. The summed E-state index contributed by atoms with van der Waals surface area (Å²) in [5, 5.41) is 0. The standard InChI is InChI=1S/C2H3Cl3S2/c3-2(7-5)1-6-4/h2H,1H2. The van der Waals surface area contributed by atoms with Gasteiger partial charge in [0.05, 0.1) is 0 Å². The Bertz CT molecular complexity index is 41.9. The first kappa shape index (κ1) is 8.57. The van der Waals surface area contributed by atoms with Gasteiger partial charge in [-0.05, 0) is 32.3 Å². The van der Waals surface area contributed by atoms with E-state index in [4.69, 9.17) is 33.0 Å². The normalized spacial score (nSPS) is 14.1. The van der Waals surface area contributed by atoms with Gasteiger partial charge in [0, 0.05) is 5.75 Å². The lowest BCUT2D eigenvalue weighted by molar-refractivity contribution is 1.45. The van der Waals surface area contributed by atoms with Gasteiger partial charge in [-0.3, -0.25) is 0 Å². The minimum atomic E-state index is -0.0656. The highest BCUT2D eigenvalue weighted by Crippen LogP contribution is 2.24. The van der Waals surface area contributed by atoms with Crippen molar-refractivity contribution >= 4 is 54.9 Å². The molecule has 7 heavy (non-hydrogen) atoms. The first-order valence-corrected chi connectivity index (χ1v) is 5.41. The van der Waals surface area contributed by atoms with Crippen molar-refractivity contribution in [2.24, 2.45) is 0 Å². The van der Waals surface area contributed by atoms with Crippen molar-refractivity contribution in [2.45, 2.75) is 4.71 Å². The maximum absolute atomic E-state index is 5.49. The Morgan fingerprint density at radius 1 is 1.43 bits per heavy atom. The van der Waals surface area contributed by atoms with E-state index in [1.807, 2.05) is 0 Å². The first-order valence-electron chi connectivity index (χ1n) is 1.46. The quantitative estimate of drug-likeness (QED) is 0.637. The van der Waals surface area contributed by atoms with Crippen LogP contribution in [-0.2, 0) is 0 Å². The molecule has 0 aromatic heterocycles. The summed E-state index contributed by atoms with van der Waals surface area (Å²) in [6, 6.07) is 0. The van der Waals surface area contributed by atoms with Crippen LogP contribution in [-0.4, -0.2) is 10.5 Å². The Morgan fingerprint density at radius 3 is 2.14 bits per heavy atom. The molecule has 0 aromatic carbocycles. The van der Waals surface area contributed by atoms with E-state index in [0.29, 0.717) is 5.75 Å². The van der Waals surface area contributed by atoms with Crippen LogP contribution in [0.2, 0.25) is 0 Å². The average Bonchev–Trinajstić information content (AvgIpc) is 1.68. The second-order valence-electron chi connectivity index (χ2n) is 0.775. The lowest BCUT2D eigenvalue weighted by Crippen LogP contribution is -1.88. The maximum atomic E-state index is 5.49. The third-order valence-electron chi connectivity index (χ3n) is 0.291. The molecule has 0 aliphatic rings. The Labute approximate surface area is 65.3 Å². The molecule has 0 fully saturated rings. The lowest BCUT2D eigenvalue weighted by Gasteiger charge is -1.95. The minimum absolute atomic E-state index is 0.0656. The van der Waals surface area contributed by atoms with Gasteiger partial charge in [0.25, 0.3) is 0 Å². The highest BCUT2D eigenvalue weighted by molar-refractivity contribution is 8.25. The zero-order chi connectivity index (χ0) is 5.70. The van der Waals surface area contributed by atoms with Crippen molar-refractivity contribution in [1.82, 2.24) is 0 Å². The van der Waals surface area contributed by atoms with Crippen LogP contribution in [0.15, 0.2) is 0 Å². The highest BCUT2D eigenvalue weighted by atomic mass is 35.7. The molecule has 0 nitrogen and oxygen atoms in total. The van der Waals surface area contributed by atoms with Gasteiger partial charge in [-0.15, -0.1) is 11.6 Å². The van der Waals surface area contributed by atoms with Crippen LogP contribution < -0.4 is 0 Å². The van der Waals surface area contributed by atoms with Gasteiger partial charge in [0.1, 0.15) is 4.71 Å². The smallest absolute Gasteiger partial charge is 0.104 e. The van der Waals surface area contributed by atoms with E-state index in [1.54, 1.807) is 0 Å². The molecule has 0 saturated heterocycles. The van der Waals surface area contributed by atoms with E-state index in [-0.39, 0.29) is 4.71 Å². The molecule has 0 N–H and O–H groups in total. The number of rotatable bonds is 3. The van der Waals surface area contributed by atoms with E-state index >= 15 is 0 Å². The lowest BCUT2D eigenvalue weighted by atomic mass is 10.9. The van der Waals surface area contributed by atoms with Crippen LogP contribution in [0, 0.1) is 0 Å². The van der Waals surface area contributed by atoms with Crippen LogP contribution in [0.25, 0.3) is 0 Å². The van der Waals surface area contributed by atoms with Gasteiger partial charge in [-0.2, -0.15) is 0 Å². The summed E-state index contributed by atoms with van der Waals surface area (Å²) in [5.41, 5.74) is 0. The third-order valence-corrected chi connectivity index (χ3v) is 3.22. The van der Waals surface area contributed by atoms with Gasteiger partial charge in [0.2, 0.25) is 0 Å². The molecule has 0 aliphatic carbocycles. The van der Waals surface area contributed by atoms with Gasteiger partial charge in [-0.25, -0.2) is 0 Å². The predicted octanol–water partition coefficient (Wildman–Crippen LogP) is 3.33. The molecule has 0 amide bonds. The predicted molar refractivity (Wildman–Crippen MR) is 41.4 cm³/mol. The summed E-state index contributed by atoms with van der Waals surface area (Å²) in [7, 11) is 12.7. The van der Waals surface area contributed by atoms with Crippen LogP contribution in [0.4, 0.5) is 0 Å². The number of hydrogen-bond acceptors (Lipinski definition) is 2. The minimum Gasteiger partial charge on any atom is -0.109 e. The Balaban J connectivity index is 2.83. The van der Waals surface area contributed by atoms with Crippen LogP contribution in [0.5, 0.6) is 0 Å². The Kier molecular flexibility index (Phi) is 6.98. The fraction of sp³-hybridized carbons (Fsp3) is 1.00. The van der Waals surface area contributed by atoms with Crippen molar-refractivity contribution in [2.75, 3.05) is 5.75 Å². The Hall–Kier alpha value is 1.57. The van der Waals surface area contributed by atoms with E-state index in [9.17, 15) is 0 Å². The fourth-order valence-corrected chi connectivity index (χ4v) is 2.03. The van der Waals surface area contributed by atoms with Crippen molar-refractivity contribution in [3.8, 4) is 0 Å². The molecule has 44 valence electrons. The molecule has 0 saturated carbocycles. The van der Waals surface area contributed by atoms with Gasteiger partial charge in [-0.1, -0.05) is 11.0 Å². The Morgan fingerprint density at radius 2 is 2.00 bits per heavy atom. The zero-order valence-corrected chi connectivity index (χ0v) is 7.14. The summed E-state index contributed by atoms with van der Waals surface area (Å²) in [6.07, 6.45) is 0. The molecule has 0 rings (SSSR count). The fourth-order valence-electron chi connectivity index (χ4n) is 0.0752. The molecule has 1 atom stereocenters. The van der Waals surface area contributed by atoms with Gasteiger partial charge in [0.15, 0.2) is 0 Å². The zero-order valence-electron chi connectivity index (χ0n) is 3.23. The van der Waals surface area contributed by atoms with E-state index in [0.717, 1.165) is 11.0 Å². The first-order chi connectivity index (χ1) is 3.31. The van der Waals surface area contributed by atoms with Gasteiger partial charge < -0.3 is 0 Å². The monoisotopic (exact) mass is 196 g/mol. The number of alkyl halides is 1. The molecule has 0 aromatic rings. The van der Waals surface area contributed by atoms with Crippen molar-refractivity contribution in [1.29, 1.82) is 0 Å². The molecule has 0 heterocycles. The second kappa shape index (κ2) is 5.70. The molecule has 0 spiro atoms. The van der Waals surface area contributed by atoms with Crippen LogP contribution in [0.1, 0.15) is 0 Å². The summed E-state index contributed by atoms with van der Waals surface area (Å²) in [6.45, 7) is 0. The molecular weight excluding hydrogens is 195 g/mol. The van der Waals surface area contributed by atoms with Gasteiger partial charge >= 0.3 is 0 Å². The highest BCUT2D eigenvalue weighted by Gasteiger charge is 2.00. The SMILES string of the molecule is ClSCC(Cl)SCl. The van der Waals surface area contributed by atoms with Crippen molar-refractivity contribution < 1.29 is 0 Å². The largest absolute Gasteiger partial charge is 0.109 e. The summed E-state index contributed by atoms with van der Waals surface area (Å²) < 4.78 is -0.0656. The van der Waals surface area contributed by atoms with E-state index in [1.165, 1.54) is 11.0 Å². The molecule has 5 heteroatoms. The van der Waals surface area contributed by atoms with Crippen LogP contribution >= 0.6 is 54.9 Å². The summed E-state index contributed by atoms with van der Waals surface area (Å²) in [5.74, 6) is 0.678. The third kappa shape index (κ3) is 5.44. The average molecular weight is 198 g/mol. The summed E-state index contributed by atoms with van der Waals surface area (Å²) >= 11 is 5.49. The van der Waals surface area contributed by atoms with E-state index in [2.05, 4.69) is 0 Å². The molecule has 1 unspecified atom stereocenters. The summed E-state index contributed by atoms with van der Waals surface area (Å²) in [4.78, 5) is 0.